The minimum Gasteiger partial charge on any atom is -0.360 e. The van der Waals surface area contributed by atoms with E-state index in [2.05, 4.69) is 15.9 Å². The van der Waals surface area contributed by atoms with Gasteiger partial charge in [-0.05, 0) is 13.3 Å². The number of ether oxygens (including phenoxy) is 1. The van der Waals surface area contributed by atoms with Crippen molar-refractivity contribution in [1.82, 2.24) is 0 Å². The molecule has 3 heteroatoms. The average Bonchev–Trinajstić information content (AvgIpc) is 2.14. The Labute approximate surface area is 75.4 Å². The van der Waals surface area contributed by atoms with Crippen molar-refractivity contribution in [1.29, 1.82) is 0 Å². The van der Waals surface area contributed by atoms with E-state index in [1.54, 1.807) is 6.92 Å². The lowest BCUT2D eigenvalue weighted by molar-refractivity contribution is 0.0639. The fourth-order valence-electron chi connectivity index (χ4n) is 1.42. The van der Waals surface area contributed by atoms with Crippen LogP contribution in [0.3, 0.4) is 0 Å². The lowest BCUT2D eigenvalue weighted by Crippen LogP contribution is -2.31. The van der Waals surface area contributed by atoms with E-state index in [1.165, 1.54) is 0 Å². The Bertz CT molecular complexity index is 149. The summed E-state index contributed by atoms with van der Waals surface area (Å²) in [6.45, 7) is 5.50. The smallest absolute Gasteiger partial charge is 0.149 e. The van der Waals surface area contributed by atoms with E-state index >= 15 is 0 Å². The van der Waals surface area contributed by atoms with Crippen molar-refractivity contribution in [3.05, 3.63) is 0 Å². The minimum atomic E-state index is -1.22. The highest BCUT2D eigenvalue weighted by Crippen LogP contribution is 2.42. The van der Waals surface area contributed by atoms with Crippen molar-refractivity contribution in [2.75, 3.05) is 0 Å². The first-order valence-corrected chi connectivity index (χ1v) is 4.90. The lowest BCUT2D eigenvalue weighted by Gasteiger charge is -2.20. The Kier molecular flexibility index (Phi) is 2.59. The van der Waals surface area contributed by atoms with Crippen LogP contribution in [0.1, 0.15) is 27.2 Å². The topological polar surface area (TPSA) is 9.23 Å². The maximum absolute atomic E-state index is 13.7. The molecule has 0 spiro atoms. The van der Waals surface area contributed by atoms with Crippen molar-refractivity contribution in [2.24, 2.45) is 5.92 Å². The molecule has 0 saturated carbocycles. The zero-order chi connectivity index (χ0) is 8.65. The molecule has 11 heavy (non-hydrogen) atoms. The van der Waals surface area contributed by atoms with E-state index < -0.39 is 10.7 Å². The summed E-state index contributed by atoms with van der Waals surface area (Å²) in [5.74, 6) is -0.0168. The largest absolute Gasteiger partial charge is 0.360 e. The molecule has 1 rings (SSSR count). The molecular formula is C8H14BrFO. The fraction of sp³-hybridized carbons (Fsp3) is 1.00. The summed E-state index contributed by atoms with van der Waals surface area (Å²) in [6.07, 6.45) is 0.942. The Morgan fingerprint density at radius 3 is 2.36 bits per heavy atom. The van der Waals surface area contributed by atoms with Gasteiger partial charge < -0.3 is 4.74 Å². The second kappa shape index (κ2) is 3.02. The van der Waals surface area contributed by atoms with Crippen molar-refractivity contribution in [2.45, 2.75) is 44.0 Å². The average molecular weight is 225 g/mol. The van der Waals surface area contributed by atoms with Crippen LogP contribution < -0.4 is 0 Å². The molecule has 1 saturated heterocycles. The van der Waals surface area contributed by atoms with Crippen LogP contribution in [0.15, 0.2) is 0 Å². The maximum Gasteiger partial charge on any atom is 0.149 e. The van der Waals surface area contributed by atoms with Crippen LogP contribution in [0.4, 0.5) is 4.39 Å². The van der Waals surface area contributed by atoms with Gasteiger partial charge in [-0.1, -0.05) is 29.8 Å². The third kappa shape index (κ3) is 1.45. The molecular weight excluding hydrogens is 211 g/mol. The molecule has 4 atom stereocenters. The summed E-state index contributed by atoms with van der Waals surface area (Å²) < 4.78 is 19.0. The SMILES string of the molecule is CC[C@H]1OC(Br)[C@](C)(F)[C@@H]1C. The lowest BCUT2D eigenvalue weighted by atomic mass is 9.90. The Balaban J connectivity index is 2.71. The van der Waals surface area contributed by atoms with E-state index in [4.69, 9.17) is 4.74 Å². The van der Waals surface area contributed by atoms with Gasteiger partial charge in [0, 0.05) is 5.92 Å². The quantitative estimate of drug-likeness (QED) is 0.623. The summed E-state index contributed by atoms with van der Waals surface area (Å²) in [6, 6.07) is 0. The number of hydrogen-bond donors (Lipinski definition) is 0. The molecule has 0 bridgehead atoms. The summed E-state index contributed by atoms with van der Waals surface area (Å²) >= 11 is 3.18. The van der Waals surface area contributed by atoms with E-state index in [0.717, 1.165) is 6.42 Å². The van der Waals surface area contributed by atoms with Crippen molar-refractivity contribution in [3.8, 4) is 0 Å². The Morgan fingerprint density at radius 2 is 2.18 bits per heavy atom. The molecule has 0 amide bonds. The minimum absolute atomic E-state index is 0.0168. The first-order valence-electron chi connectivity index (χ1n) is 3.98. The van der Waals surface area contributed by atoms with Gasteiger partial charge in [-0.2, -0.15) is 0 Å². The van der Waals surface area contributed by atoms with E-state index in [9.17, 15) is 4.39 Å². The highest BCUT2D eigenvalue weighted by atomic mass is 79.9. The zero-order valence-corrected chi connectivity index (χ0v) is 8.69. The number of halogens is 2. The van der Waals surface area contributed by atoms with Gasteiger partial charge in [0.05, 0.1) is 6.10 Å². The summed E-state index contributed by atoms with van der Waals surface area (Å²) in [7, 11) is 0. The predicted octanol–water partition coefficient (Wildman–Crippen LogP) is 2.88. The highest BCUT2D eigenvalue weighted by molar-refractivity contribution is 9.09. The standard InChI is InChI=1S/C8H14BrFO/c1-4-6-5(2)8(3,10)7(9)11-6/h5-7H,4H2,1-3H3/t5-,6-,7?,8-/m1/s1. The van der Waals surface area contributed by atoms with Gasteiger partial charge in [0.25, 0.3) is 0 Å². The van der Waals surface area contributed by atoms with Gasteiger partial charge in [-0.3, -0.25) is 0 Å². The first kappa shape index (κ1) is 9.46. The second-order valence-electron chi connectivity index (χ2n) is 3.34. The molecule has 1 nitrogen and oxygen atoms in total. The number of alkyl halides is 2. The van der Waals surface area contributed by atoms with Crippen LogP contribution in [-0.4, -0.2) is 16.8 Å². The second-order valence-corrected chi connectivity index (χ2v) is 4.17. The van der Waals surface area contributed by atoms with Crippen LogP contribution in [0.2, 0.25) is 0 Å². The van der Waals surface area contributed by atoms with Crippen LogP contribution in [0, 0.1) is 5.92 Å². The van der Waals surface area contributed by atoms with Gasteiger partial charge in [-0.25, -0.2) is 4.39 Å². The highest BCUT2D eigenvalue weighted by Gasteiger charge is 2.49. The van der Waals surface area contributed by atoms with Gasteiger partial charge in [0.15, 0.2) is 0 Å². The molecule has 0 aromatic heterocycles. The monoisotopic (exact) mass is 224 g/mol. The van der Waals surface area contributed by atoms with E-state index in [0.29, 0.717) is 0 Å². The Morgan fingerprint density at radius 1 is 1.64 bits per heavy atom. The molecule has 0 aliphatic carbocycles. The maximum atomic E-state index is 13.7. The molecule has 0 aromatic rings. The molecule has 1 fully saturated rings. The van der Waals surface area contributed by atoms with E-state index in [-0.39, 0.29) is 12.0 Å². The molecule has 0 radical (unpaired) electrons. The van der Waals surface area contributed by atoms with Crippen molar-refractivity contribution < 1.29 is 9.13 Å². The van der Waals surface area contributed by atoms with Crippen LogP contribution in [0.5, 0.6) is 0 Å². The van der Waals surface area contributed by atoms with Crippen molar-refractivity contribution in [3.63, 3.8) is 0 Å². The molecule has 66 valence electrons. The molecule has 0 N–H and O–H groups in total. The molecule has 1 heterocycles. The normalized spacial score (nSPS) is 51.5. The number of rotatable bonds is 1. The molecule has 1 aliphatic rings. The predicted molar refractivity (Wildman–Crippen MR) is 46.6 cm³/mol. The van der Waals surface area contributed by atoms with Crippen LogP contribution in [0.25, 0.3) is 0 Å². The van der Waals surface area contributed by atoms with E-state index in [1.807, 2.05) is 13.8 Å². The zero-order valence-electron chi connectivity index (χ0n) is 7.10. The third-order valence-electron chi connectivity index (χ3n) is 2.59. The van der Waals surface area contributed by atoms with Gasteiger partial charge in [0.2, 0.25) is 0 Å². The van der Waals surface area contributed by atoms with Gasteiger partial charge in [0.1, 0.15) is 10.7 Å². The van der Waals surface area contributed by atoms with Gasteiger partial charge >= 0.3 is 0 Å². The molecule has 1 unspecified atom stereocenters. The summed E-state index contributed by atoms with van der Waals surface area (Å²) in [5.41, 5.74) is -1.22. The summed E-state index contributed by atoms with van der Waals surface area (Å²) in [5, 5.41) is -0.435. The third-order valence-corrected chi connectivity index (χ3v) is 3.70. The number of hydrogen-bond acceptors (Lipinski definition) is 1. The molecule has 1 aliphatic heterocycles. The van der Waals surface area contributed by atoms with Crippen LogP contribution >= 0.6 is 15.9 Å². The van der Waals surface area contributed by atoms with Crippen molar-refractivity contribution >= 4 is 15.9 Å². The Hall–Kier alpha value is 0.370. The van der Waals surface area contributed by atoms with Crippen LogP contribution in [-0.2, 0) is 4.74 Å². The fourth-order valence-corrected chi connectivity index (χ4v) is 2.12. The van der Waals surface area contributed by atoms with Gasteiger partial charge in [-0.15, -0.1) is 0 Å². The summed E-state index contributed by atoms with van der Waals surface area (Å²) in [4.78, 5) is 0. The molecule has 0 aromatic carbocycles. The first-order chi connectivity index (χ1) is 5.00.